The second kappa shape index (κ2) is 8.43. The van der Waals surface area contributed by atoms with Crippen LogP contribution in [-0.4, -0.2) is 28.9 Å². The van der Waals surface area contributed by atoms with Gasteiger partial charge in [-0.15, -0.1) is 0 Å². The number of para-hydroxylation sites is 1. The van der Waals surface area contributed by atoms with Crippen molar-refractivity contribution in [2.24, 2.45) is 0 Å². The highest BCUT2D eigenvalue weighted by molar-refractivity contribution is 6.31. The molecule has 3 aromatic heterocycles. The Morgan fingerprint density at radius 3 is 2.69 bits per heavy atom. The molecule has 8 heteroatoms. The third-order valence-corrected chi connectivity index (χ3v) is 5.76. The fourth-order valence-corrected chi connectivity index (χ4v) is 4.06. The van der Waals surface area contributed by atoms with Crippen molar-refractivity contribution in [3.63, 3.8) is 0 Å². The lowest BCUT2D eigenvalue weighted by atomic mass is 10.2. The Labute approximate surface area is 189 Å². The molecule has 0 bridgehead atoms. The molecule has 0 radical (unpaired) electrons. The van der Waals surface area contributed by atoms with E-state index in [9.17, 15) is 4.79 Å². The standard InChI is InChI=1S/C24H21ClN6O/c1-17-21(15-27-31(17)19-6-3-2-4-7-19)23-28-22-14-18(25)8-9-20(22)24(32)30(23)12-5-11-29-13-10-26-16-29/h2-4,6-10,13-16H,5,11-12H2,1H3. The number of benzene rings is 2. The number of halogens is 1. The molecule has 7 nitrogen and oxygen atoms in total. The molecule has 0 saturated heterocycles. The van der Waals surface area contributed by atoms with Crippen LogP contribution in [0.25, 0.3) is 28.0 Å². The second-order valence-electron chi connectivity index (χ2n) is 7.60. The molecule has 5 rings (SSSR count). The second-order valence-corrected chi connectivity index (χ2v) is 8.04. The van der Waals surface area contributed by atoms with E-state index in [0.29, 0.717) is 28.3 Å². The smallest absolute Gasteiger partial charge is 0.261 e. The first-order valence-electron chi connectivity index (χ1n) is 10.4. The summed E-state index contributed by atoms with van der Waals surface area (Å²) >= 11 is 6.19. The molecule has 0 aliphatic carbocycles. The number of fused-ring (bicyclic) bond motifs is 1. The quantitative estimate of drug-likeness (QED) is 0.386. The molecule has 0 aliphatic rings. The van der Waals surface area contributed by atoms with Gasteiger partial charge in [-0.05, 0) is 43.7 Å². The first-order valence-corrected chi connectivity index (χ1v) is 10.8. The molecular weight excluding hydrogens is 424 g/mol. The van der Waals surface area contributed by atoms with Gasteiger partial charge >= 0.3 is 0 Å². The molecule has 0 fully saturated rings. The highest BCUT2D eigenvalue weighted by Crippen LogP contribution is 2.25. The normalized spacial score (nSPS) is 11.3. The Balaban J connectivity index is 1.62. The summed E-state index contributed by atoms with van der Waals surface area (Å²) in [7, 11) is 0. The van der Waals surface area contributed by atoms with Crippen molar-refractivity contribution in [2.75, 3.05) is 0 Å². The summed E-state index contributed by atoms with van der Waals surface area (Å²) in [5, 5.41) is 5.67. The lowest BCUT2D eigenvalue weighted by molar-refractivity contribution is 0.554. The minimum absolute atomic E-state index is 0.0841. The fourth-order valence-electron chi connectivity index (χ4n) is 3.90. The zero-order valence-corrected chi connectivity index (χ0v) is 18.3. The van der Waals surface area contributed by atoms with Crippen molar-refractivity contribution in [1.82, 2.24) is 28.9 Å². The number of rotatable bonds is 6. The van der Waals surface area contributed by atoms with E-state index in [1.807, 2.05) is 52.7 Å². The largest absolute Gasteiger partial charge is 0.337 e. The zero-order chi connectivity index (χ0) is 22.1. The van der Waals surface area contributed by atoms with E-state index in [2.05, 4.69) is 10.1 Å². The van der Waals surface area contributed by atoms with Crippen LogP contribution in [-0.2, 0) is 13.1 Å². The SMILES string of the molecule is Cc1c(-c2nc3cc(Cl)ccc3c(=O)n2CCCn2ccnc2)cnn1-c1ccccc1. The van der Waals surface area contributed by atoms with E-state index >= 15 is 0 Å². The summed E-state index contributed by atoms with van der Waals surface area (Å²) in [6.45, 7) is 3.26. The van der Waals surface area contributed by atoms with Crippen molar-refractivity contribution in [2.45, 2.75) is 26.4 Å². The van der Waals surface area contributed by atoms with Crippen LogP contribution in [0.5, 0.6) is 0 Å². The van der Waals surface area contributed by atoms with Gasteiger partial charge in [0.2, 0.25) is 0 Å². The third-order valence-electron chi connectivity index (χ3n) is 5.53. The van der Waals surface area contributed by atoms with Gasteiger partial charge in [-0.2, -0.15) is 5.10 Å². The molecular formula is C24H21ClN6O. The molecule has 0 unspecified atom stereocenters. The summed E-state index contributed by atoms with van der Waals surface area (Å²) in [5.74, 6) is 0.593. The monoisotopic (exact) mass is 444 g/mol. The van der Waals surface area contributed by atoms with Gasteiger partial charge in [-0.3, -0.25) is 9.36 Å². The van der Waals surface area contributed by atoms with Crippen LogP contribution < -0.4 is 5.56 Å². The van der Waals surface area contributed by atoms with Gasteiger partial charge in [0.1, 0.15) is 5.82 Å². The lowest BCUT2D eigenvalue weighted by Crippen LogP contribution is -2.24. The van der Waals surface area contributed by atoms with Crippen LogP contribution in [0.4, 0.5) is 0 Å². The number of imidazole rings is 1. The van der Waals surface area contributed by atoms with Crippen LogP contribution in [0.15, 0.2) is 78.2 Å². The lowest BCUT2D eigenvalue weighted by Gasteiger charge is -2.14. The van der Waals surface area contributed by atoms with Crippen molar-refractivity contribution >= 4 is 22.5 Å². The molecule has 0 amide bonds. The van der Waals surface area contributed by atoms with Crippen molar-refractivity contribution in [3.8, 4) is 17.1 Å². The Morgan fingerprint density at radius 1 is 1.06 bits per heavy atom. The molecule has 2 aromatic carbocycles. The molecule has 0 saturated carbocycles. The number of hydrogen-bond acceptors (Lipinski definition) is 4. The Morgan fingerprint density at radius 2 is 1.91 bits per heavy atom. The fraction of sp³-hybridized carbons (Fsp3) is 0.167. The van der Waals surface area contributed by atoms with Crippen molar-refractivity contribution in [1.29, 1.82) is 0 Å². The highest BCUT2D eigenvalue weighted by Gasteiger charge is 2.18. The van der Waals surface area contributed by atoms with Crippen molar-refractivity contribution in [3.05, 3.63) is 94.5 Å². The number of aromatic nitrogens is 6. The zero-order valence-electron chi connectivity index (χ0n) is 17.5. The van der Waals surface area contributed by atoms with Gasteiger partial charge in [0.15, 0.2) is 0 Å². The third kappa shape index (κ3) is 3.71. The Hall–Kier alpha value is -3.71. The molecule has 32 heavy (non-hydrogen) atoms. The topological polar surface area (TPSA) is 70.5 Å². The summed E-state index contributed by atoms with van der Waals surface area (Å²) < 4.78 is 5.60. The molecule has 0 atom stereocenters. The van der Waals surface area contributed by atoms with E-state index in [-0.39, 0.29) is 5.56 Å². The average molecular weight is 445 g/mol. The average Bonchev–Trinajstić information content (AvgIpc) is 3.45. The summed E-state index contributed by atoms with van der Waals surface area (Å²) in [5.41, 5.74) is 3.17. The minimum Gasteiger partial charge on any atom is -0.337 e. The first kappa shape index (κ1) is 20.2. The van der Waals surface area contributed by atoms with Gasteiger partial charge in [-0.25, -0.2) is 14.6 Å². The number of hydrogen-bond donors (Lipinski definition) is 0. The number of aryl methyl sites for hydroxylation is 1. The van der Waals surface area contributed by atoms with E-state index < -0.39 is 0 Å². The maximum atomic E-state index is 13.4. The maximum absolute atomic E-state index is 13.4. The Kier molecular flexibility index (Phi) is 5.33. The number of nitrogens with zero attached hydrogens (tertiary/aromatic N) is 6. The molecule has 160 valence electrons. The maximum Gasteiger partial charge on any atom is 0.261 e. The van der Waals surface area contributed by atoms with Gasteiger partial charge < -0.3 is 4.57 Å². The van der Waals surface area contributed by atoms with Crippen LogP contribution in [0.2, 0.25) is 5.02 Å². The predicted molar refractivity (Wildman–Crippen MR) is 125 cm³/mol. The molecule has 0 N–H and O–H groups in total. The molecule has 0 spiro atoms. The summed E-state index contributed by atoms with van der Waals surface area (Å²) in [6.07, 6.45) is 7.97. The summed E-state index contributed by atoms with van der Waals surface area (Å²) in [4.78, 5) is 22.4. The van der Waals surface area contributed by atoms with Crippen LogP contribution in [0.1, 0.15) is 12.1 Å². The molecule has 0 aliphatic heterocycles. The molecule has 5 aromatic rings. The molecule has 3 heterocycles. The van der Waals surface area contributed by atoms with Gasteiger partial charge in [0.25, 0.3) is 5.56 Å². The van der Waals surface area contributed by atoms with Crippen molar-refractivity contribution < 1.29 is 0 Å². The first-order chi connectivity index (χ1) is 15.6. The summed E-state index contributed by atoms with van der Waals surface area (Å²) in [6, 6.07) is 15.1. The van der Waals surface area contributed by atoms with Gasteiger partial charge in [0.05, 0.1) is 40.4 Å². The predicted octanol–water partition coefficient (Wildman–Crippen LogP) is 4.50. The van der Waals surface area contributed by atoms with E-state index in [0.717, 1.165) is 29.9 Å². The van der Waals surface area contributed by atoms with Gasteiger partial charge in [-0.1, -0.05) is 29.8 Å². The Bertz CT molecular complexity index is 1440. The van der Waals surface area contributed by atoms with E-state index in [1.54, 1.807) is 41.5 Å². The van der Waals surface area contributed by atoms with Crippen LogP contribution >= 0.6 is 11.6 Å². The minimum atomic E-state index is -0.0841. The van der Waals surface area contributed by atoms with Crippen LogP contribution in [0.3, 0.4) is 0 Å². The van der Waals surface area contributed by atoms with Crippen LogP contribution in [0, 0.1) is 6.92 Å². The highest BCUT2D eigenvalue weighted by atomic mass is 35.5. The van der Waals surface area contributed by atoms with E-state index in [1.165, 1.54) is 0 Å². The van der Waals surface area contributed by atoms with Gasteiger partial charge in [0, 0.05) is 30.5 Å². The van der Waals surface area contributed by atoms with E-state index in [4.69, 9.17) is 16.6 Å².